The van der Waals surface area contributed by atoms with Crippen LogP contribution in [-0.2, 0) is 9.47 Å². The topological polar surface area (TPSA) is 64.8 Å². The number of rotatable bonds is 3. The lowest BCUT2D eigenvalue weighted by Gasteiger charge is -2.17. The van der Waals surface area contributed by atoms with Crippen molar-refractivity contribution in [1.82, 2.24) is 4.90 Å². The molecule has 0 aromatic heterocycles. The number of halogens is 1. The number of nitrogens with two attached hydrogens (primary N) is 1. The van der Waals surface area contributed by atoms with Gasteiger partial charge in [-0.25, -0.2) is 4.39 Å². The maximum absolute atomic E-state index is 13.2. The van der Waals surface area contributed by atoms with Crippen LogP contribution in [0.2, 0.25) is 0 Å². The average molecular weight is 268 g/mol. The third-order valence-electron chi connectivity index (χ3n) is 3.35. The molecule has 1 aromatic carbocycles. The van der Waals surface area contributed by atoms with Crippen LogP contribution in [0.25, 0.3) is 0 Å². The SMILES string of the molecule is COC1CN(C(=O)c2cc(F)ccc2N)CC1OC. The number of methoxy groups -OCH3 is 2. The van der Waals surface area contributed by atoms with Gasteiger partial charge >= 0.3 is 0 Å². The quantitative estimate of drug-likeness (QED) is 0.827. The molecule has 0 saturated carbocycles. The lowest BCUT2D eigenvalue weighted by Crippen LogP contribution is -2.30. The lowest BCUT2D eigenvalue weighted by atomic mass is 10.1. The van der Waals surface area contributed by atoms with Crippen molar-refractivity contribution in [3.63, 3.8) is 0 Å². The summed E-state index contributed by atoms with van der Waals surface area (Å²) in [6.45, 7) is 0.813. The molecule has 0 radical (unpaired) electrons. The van der Waals surface area contributed by atoms with Crippen LogP contribution >= 0.6 is 0 Å². The highest BCUT2D eigenvalue weighted by Crippen LogP contribution is 2.21. The van der Waals surface area contributed by atoms with E-state index in [1.54, 1.807) is 19.1 Å². The van der Waals surface area contributed by atoms with Gasteiger partial charge in [0.05, 0.1) is 5.56 Å². The van der Waals surface area contributed by atoms with Gasteiger partial charge in [-0.05, 0) is 18.2 Å². The van der Waals surface area contributed by atoms with Crippen LogP contribution < -0.4 is 5.73 Å². The van der Waals surface area contributed by atoms with E-state index < -0.39 is 5.82 Å². The van der Waals surface area contributed by atoms with E-state index in [-0.39, 0.29) is 29.4 Å². The number of benzene rings is 1. The van der Waals surface area contributed by atoms with Gasteiger partial charge in [-0.15, -0.1) is 0 Å². The summed E-state index contributed by atoms with van der Waals surface area (Å²) in [6.07, 6.45) is -0.354. The van der Waals surface area contributed by atoms with Crippen molar-refractivity contribution in [2.24, 2.45) is 0 Å². The van der Waals surface area contributed by atoms with E-state index in [4.69, 9.17) is 15.2 Å². The van der Waals surface area contributed by atoms with Crippen molar-refractivity contribution < 1.29 is 18.7 Å². The van der Waals surface area contributed by atoms with Crippen molar-refractivity contribution in [3.05, 3.63) is 29.6 Å². The molecule has 104 valence electrons. The molecule has 19 heavy (non-hydrogen) atoms. The highest BCUT2D eigenvalue weighted by atomic mass is 19.1. The monoisotopic (exact) mass is 268 g/mol. The van der Waals surface area contributed by atoms with Gasteiger partial charge in [0.25, 0.3) is 5.91 Å². The van der Waals surface area contributed by atoms with Crippen LogP contribution in [0.4, 0.5) is 10.1 Å². The molecule has 1 amide bonds. The molecule has 2 N–H and O–H groups in total. The van der Waals surface area contributed by atoms with Crippen molar-refractivity contribution in [2.75, 3.05) is 33.0 Å². The largest absolute Gasteiger partial charge is 0.398 e. The highest BCUT2D eigenvalue weighted by Gasteiger charge is 2.36. The van der Waals surface area contributed by atoms with Crippen LogP contribution in [-0.4, -0.2) is 50.3 Å². The van der Waals surface area contributed by atoms with Gasteiger partial charge in [0.1, 0.15) is 18.0 Å². The summed E-state index contributed by atoms with van der Waals surface area (Å²) in [5, 5.41) is 0. The van der Waals surface area contributed by atoms with Crippen molar-refractivity contribution in [3.8, 4) is 0 Å². The third kappa shape index (κ3) is 2.69. The highest BCUT2D eigenvalue weighted by molar-refractivity contribution is 5.99. The number of hydrogen-bond acceptors (Lipinski definition) is 4. The van der Waals surface area contributed by atoms with Crippen LogP contribution in [0.1, 0.15) is 10.4 Å². The third-order valence-corrected chi connectivity index (χ3v) is 3.35. The number of carbonyl (C=O) groups excluding carboxylic acids is 1. The van der Waals surface area contributed by atoms with Gasteiger partial charge in [0, 0.05) is 33.0 Å². The number of carbonyl (C=O) groups is 1. The first-order chi connectivity index (χ1) is 9.06. The summed E-state index contributed by atoms with van der Waals surface area (Å²) in [7, 11) is 3.14. The Morgan fingerprint density at radius 2 is 1.89 bits per heavy atom. The van der Waals surface area contributed by atoms with Crippen molar-refractivity contribution in [2.45, 2.75) is 12.2 Å². The molecular formula is C13H17FN2O3. The van der Waals surface area contributed by atoms with E-state index in [1.807, 2.05) is 0 Å². The Morgan fingerprint density at radius 3 is 2.42 bits per heavy atom. The zero-order chi connectivity index (χ0) is 14.0. The minimum absolute atomic E-state index is 0.173. The van der Waals surface area contributed by atoms with E-state index in [0.717, 1.165) is 6.07 Å². The smallest absolute Gasteiger partial charge is 0.256 e. The zero-order valence-electron chi connectivity index (χ0n) is 10.9. The second-order valence-corrected chi connectivity index (χ2v) is 4.49. The van der Waals surface area contributed by atoms with Crippen LogP contribution in [0.3, 0.4) is 0 Å². The fraction of sp³-hybridized carbons (Fsp3) is 0.462. The Morgan fingerprint density at radius 1 is 1.32 bits per heavy atom. The first kappa shape index (κ1) is 13.8. The van der Waals surface area contributed by atoms with Crippen molar-refractivity contribution in [1.29, 1.82) is 0 Å². The normalized spacial score (nSPS) is 22.8. The maximum atomic E-state index is 13.2. The van der Waals surface area contributed by atoms with Gasteiger partial charge in [-0.1, -0.05) is 0 Å². The van der Waals surface area contributed by atoms with Gasteiger partial charge in [-0.2, -0.15) is 0 Å². The Balaban J connectivity index is 2.19. The molecule has 0 spiro atoms. The van der Waals surface area contributed by atoms with Crippen LogP contribution in [0.5, 0.6) is 0 Å². The molecule has 1 saturated heterocycles. The maximum Gasteiger partial charge on any atom is 0.256 e. The van der Waals surface area contributed by atoms with E-state index in [1.165, 1.54) is 12.1 Å². The van der Waals surface area contributed by atoms with Gasteiger partial charge in [0.15, 0.2) is 0 Å². The van der Waals surface area contributed by atoms with Gasteiger partial charge in [-0.3, -0.25) is 4.79 Å². The average Bonchev–Trinajstić information content (AvgIpc) is 2.84. The molecule has 1 fully saturated rings. The molecule has 5 nitrogen and oxygen atoms in total. The van der Waals surface area contributed by atoms with Gasteiger partial charge < -0.3 is 20.1 Å². The molecule has 2 rings (SSSR count). The first-order valence-electron chi connectivity index (χ1n) is 5.96. The summed E-state index contributed by atoms with van der Waals surface area (Å²) in [5.41, 5.74) is 6.15. The van der Waals surface area contributed by atoms with E-state index in [9.17, 15) is 9.18 Å². The Labute approximate surface area is 111 Å². The first-order valence-corrected chi connectivity index (χ1v) is 5.96. The summed E-state index contributed by atoms with van der Waals surface area (Å²) in [5.74, 6) is -0.790. The fourth-order valence-corrected chi connectivity index (χ4v) is 2.25. The predicted molar refractivity (Wildman–Crippen MR) is 68.3 cm³/mol. The van der Waals surface area contributed by atoms with E-state index in [0.29, 0.717) is 13.1 Å². The molecule has 0 bridgehead atoms. The van der Waals surface area contributed by atoms with Crippen LogP contribution in [0, 0.1) is 5.82 Å². The second-order valence-electron chi connectivity index (χ2n) is 4.49. The number of nitrogens with zero attached hydrogens (tertiary/aromatic N) is 1. The summed E-state index contributed by atoms with van der Waals surface area (Å²) >= 11 is 0. The number of anilines is 1. The molecule has 1 aliphatic rings. The molecule has 1 aliphatic heterocycles. The Bertz CT molecular complexity index is 469. The number of nitrogen functional groups attached to an aromatic ring is 1. The standard InChI is InChI=1S/C13H17FN2O3/c1-18-11-6-16(7-12(11)19-2)13(17)9-5-8(14)3-4-10(9)15/h3-5,11-12H,6-7,15H2,1-2H3. The number of likely N-dealkylation sites (tertiary alicyclic amines) is 1. The molecular weight excluding hydrogens is 251 g/mol. The summed E-state index contributed by atoms with van der Waals surface area (Å²) in [6, 6.07) is 3.77. The molecule has 1 heterocycles. The number of amides is 1. The predicted octanol–water partition coefficient (Wildman–Crippen LogP) is 0.894. The second kappa shape index (κ2) is 5.54. The minimum atomic E-state index is -0.483. The van der Waals surface area contributed by atoms with Crippen LogP contribution in [0.15, 0.2) is 18.2 Å². The fourth-order valence-electron chi connectivity index (χ4n) is 2.25. The van der Waals surface area contributed by atoms with Gasteiger partial charge in [0.2, 0.25) is 0 Å². The molecule has 1 aromatic rings. The minimum Gasteiger partial charge on any atom is -0.398 e. The molecule has 2 unspecified atom stereocenters. The molecule has 0 aliphatic carbocycles. The molecule has 6 heteroatoms. The number of ether oxygens (including phenoxy) is 2. The van der Waals surface area contributed by atoms with E-state index >= 15 is 0 Å². The Hall–Kier alpha value is -1.66. The summed E-state index contributed by atoms with van der Waals surface area (Å²) < 4.78 is 23.7. The number of hydrogen-bond donors (Lipinski definition) is 1. The van der Waals surface area contributed by atoms with Crippen molar-refractivity contribution >= 4 is 11.6 Å². The lowest BCUT2D eigenvalue weighted by molar-refractivity contribution is -0.00461. The zero-order valence-corrected chi connectivity index (χ0v) is 10.9. The molecule has 2 atom stereocenters. The van der Waals surface area contributed by atoms with E-state index in [2.05, 4.69) is 0 Å². The summed E-state index contributed by atoms with van der Waals surface area (Å²) in [4.78, 5) is 13.9. The Kier molecular flexibility index (Phi) is 4.01.